The smallest absolute Gasteiger partial charge is 0.291 e. The maximum Gasteiger partial charge on any atom is 0.291 e. The van der Waals surface area contributed by atoms with E-state index in [0.717, 1.165) is 26.2 Å². The van der Waals surface area contributed by atoms with Crippen molar-refractivity contribution in [1.29, 1.82) is 0 Å². The summed E-state index contributed by atoms with van der Waals surface area (Å²) < 4.78 is 0.683. The predicted octanol–water partition coefficient (Wildman–Crippen LogP) is 3.20. The molecule has 1 aromatic rings. The number of likely N-dealkylation sites (tertiary alicyclic amines) is 1. The average molecular weight is 357 g/mol. The fraction of sp³-hybridized carbons (Fsp3) is 0.643. The van der Waals surface area contributed by atoms with Gasteiger partial charge < -0.3 is 10.2 Å². The monoisotopic (exact) mass is 356 g/mol. The van der Waals surface area contributed by atoms with Crippen molar-refractivity contribution >= 4 is 27.4 Å². The summed E-state index contributed by atoms with van der Waals surface area (Å²) in [6, 6.07) is 0. The topological polar surface area (TPSA) is 71.3 Å². The third-order valence-electron chi connectivity index (χ3n) is 4.15. The molecule has 0 spiro atoms. The van der Waals surface area contributed by atoms with Gasteiger partial charge in [0, 0.05) is 12.1 Å². The van der Waals surface area contributed by atoms with E-state index in [-0.39, 0.29) is 5.69 Å². The molecule has 116 valence electrons. The number of hydrogen-bond acceptors (Lipinski definition) is 5. The van der Waals surface area contributed by atoms with Crippen molar-refractivity contribution in [3.8, 4) is 0 Å². The van der Waals surface area contributed by atoms with Crippen molar-refractivity contribution in [1.82, 2.24) is 9.88 Å². The zero-order valence-electron chi connectivity index (χ0n) is 12.4. The Morgan fingerprint density at radius 2 is 2.19 bits per heavy atom. The van der Waals surface area contributed by atoms with Gasteiger partial charge in [0.1, 0.15) is 12.0 Å². The molecule has 0 atom stereocenters. The first-order chi connectivity index (χ1) is 10.0. The van der Waals surface area contributed by atoms with E-state index < -0.39 is 4.92 Å². The number of halogens is 1. The van der Waals surface area contributed by atoms with Gasteiger partial charge in [-0.3, -0.25) is 10.1 Å². The highest BCUT2D eigenvalue weighted by Gasteiger charge is 2.20. The second kappa shape index (κ2) is 7.17. The molecule has 0 amide bonds. The minimum Gasteiger partial charge on any atom is -0.369 e. The minimum absolute atomic E-state index is 0.0451. The standard InChI is InChI=1S/C14H21BrN4O2/c1-3-18-6-4-11(5-7-18)8-16-14-13(15)10(2)12(9-17-14)19(20)21/h9,11H,3-8H2,1-2H3,(H,16,17). The SMILES string of the molecule is CCN1CCC(CNc2ncc([N+](=O)[O-])c(C)c2Br)CC1. The number of nitrogens with zero attached hydrogens (tertiary/aromatic N) is 3. The van der Waals surface area contributed by atoms with Crippen molar-refractivity contribution < 1.29 is 4.92 Å². The predicted molar refractivity (Wildman–Crippen MR) is 86.7 cm³/mol. The van der Waals surface area contributed by atoms with Crippen LogP contribution in [0.3, 0.4) is 0 Å². The van der Waals surface area contributed by atoms with Crippen LogP contribution in [0.15, 0.2) is 10.7 Å². The Morgan fingerprint density at radius 1 is 1.52 bits per heavy atom. The molecule has 1 fully saturated rings. The van der Waals surface area contributed by atoms with Crippen LogP contribution in [0, 0.1) is 23.0 Å². The highest BCUT2D eigenvalue weighted by atomic mass is 79.9. The second-order valence-corrected chi connectivity index (χ2v) is 6.24. The summed E-state index contributed by atoms with van der Waals surface area (Å²) in [5, 5.41) is 14.2. The van der Waals surface area contributed by atoms with Crippen LogP contribution in [0.2, 0.25) is 0 Å². The van der Waals surface area contributed by atoms with Crippen LogP contribution >= 0.6 is 15.9 Å². The molecule has 7 heteroatoms. The molecule has 1 N–H and O–H groups in total. The summed E-state index contributed by atoms with van der Waals surface area (Å²) in [6.45, 7) is 8.21. The number of pyridine rings is 1. The van der Waals surface area contributed by atoms with Gasteiger partial charge in [-0.2, -0.15) is 0 Å². The molecule has 21 heavy (non-hydrogen) atoms. The number of hydrogen-bond donors (Lipinski definition) is 1. The summed E-state index contributed by atoms with van der Waals surface area (Å²) >= 11 is 3.41. The quantitative estimate of drug-likeness (QED) is 0.647. The lowest BCUT2D eigenvalue weighted by Gasteiger charge is -2.31. The highest BCUT2D eigenvalue weighted by Crippen LogP contribution is 2.31. The maximum absolute atomic E-state index is 10.9. The third-order valence-corrected chi connectivity index (χ3v) is 5.12. The Hall–Kier alpha value is -1.21. The Kier molecular flexibility index (Phi) is 5.52. The van der Waals surface area contributed by atoms with E-state index in [0.29, 0.717) is 21.8 Å². The third kappa shape index (κ3) is 3.91. The van der Waals surface area contributed by atoms with E-state index in [9.17, 15) is 10.1 Å². The van der Waals surface area contributed by atoms with Crippen LogP contribution in [-0.2, 0) is 0 Å². The summed E-state index contributed by atoms with van der Waals surface area (Å²) in [5.41, 5.74) is 0.655. The van der Waals surface area contributed by atoms with Crippen LogP contribution in [0.5, 0.6) is 0 Å². The van der Waals surface area contributed by atoms with Crippen molar-refractivity contribution in [3.05, 3.63) is 26.3 Å². The van der Waals surface area contributed by atoms with Crippen LogP contribution in [0.25, 0.3) is 0 Å². The molecule has 1 saturated heterocycles. The van der Waals surface area contributed by atoms with Crippen molar-refractivity contribution in [2.75, 3.05) is 31.5 Å². The Labute approximate surface area is 133 Å². The maximum atomic E-state index is 10.9. The molecule has 0 unspecified atom stereocenters. The molecule has 0 bridgehead atoms. The number of anilines is 1. The van der Waals surface area contributed by atoms with Crippen LogP contribution in [0.4, 0.5) is 11.5 Å². The van der Waals surface area contributed by atoms with Crippen molar-refractivity contribution in [2.24, 2.45) is 5.92 Å². The molecule has 1 aliphatic rings. The van der Waals surface area contributed by atoms with E-state index in [1.807, 2.05) is 0 Å². The van der Waals surface area contributed by atoms with Gasteiger partial charge in [-0.25, -0.2) is 4.98 Å². The van der Waals surface area contributed by atoms with Gasteiger partial charge in [0.15, 0.2) is 0 Å². The van der Waals surface area contributed by atoms with E-state index in [1.165, 1.54) is 19.0 Å². The summed E-state index contributed by atoms with van der Waals surface area (Å²) in [5.74, 6) is 1.33. The van der Waals surface area contributed by atoms with Gasteiger partial charge in [0.2, 0.25) is 0 Å². The lowest BCUT2D eigenvalue weighted by Crippen LogP contribution is -2.35. The second-order valence-electron chi connectivity index (χ2n) is 5.45. The van der Waals surface area contributed by atoms with Gasteiger partial charge in [-0.05, 0) is 61.2 Å². The number of nitro groups is 1. The Morgan fingerprint density at radius 3 is 2.76 bits per heavy atom. The first-order valence-corrected chi connectivity index (χ1v) is 8.08. The molecule has 6 nitrogen and oxygen atoms in total. The zero-order chi connectivity index (χ0) is 15.4. The molecule has 1 aliphatic heterocycles. The molecular weight excluding hydrogens is 336 g/mol. The Balaban J connectivity index is 1.95. The summed E-state index contributed by atoms with van der Waals surface area (Å²) in [7, 11) is 0. The van der Waals surface area contributed by atoms with E-state index in [4.69, 9.17) is 0 Å². The fourth-order valence-corrected chi connectivity index (χ4v) is 3.07. The Bertz CT molecular complexity index is 516. The van der Waals surface area contributed by atoms with Crippen LogP contribution in [0.1, 0.15) is 25.3 Å². The first-order valence-electron chi connectivity index (χ1n) is 7.28. The molecule has 0 saturated carbocycles. The normalized spacial score (nSPS) is 16.9. The number of aromatic nitrogens is 1. The van der Waals surface area contributed by atoms with E-state index >= 15 is 0 Å². The van der Waals surface area contributed by atoms with Gasteiger partial charge >= 0.3 is 0 Å². The molecule has 1 aromatic heterocycles. The van der Waals surface area contributed by atoms with Gasteiger partial charge in [-0.1, -0.05) is 6.92 Å². The van der Waals surface area contributed by atoms with Gasteiger partial charge in [0.05, 0.1) is 9.40 Å². The molecule has 2 heterocycles. The number of piperidine rings is 1. The minimum atomic E-state index is -0.405. The van der Waals surface area contributed by atoms with Crippen LogP contribution < -0.4 is 5.32 Å². The zero-order valence-corrected chi connectivity index (χ0v) is 14.0. The molecule has 0 aliphatic carbocycles. The number of nitrogens with one attached hydrogen (secondary N) is 1. The van der Waals surface area contributed by atoms with Gasteiger partial charge in [0.25, 0.3) is 5.69 Å². The van der Waals surface area contributed by atoms with Gasteiger partial charge in [-0.15, -0.1) is 0 Å². The largest absolute Gasteiger partial charge is 0.369 e. The molecular formula is C14H21BrN4O2. The van der Waals surface area contributed by atoms with Crippen molar-refractivity contribution in [2.45, 2.75) is 26.7 Å². The van der Waals surface area contributed by atoms with E-state index in [2.05, 4.69) is 38.1 Å². The molecule has 0 aromatic carbocycles. The fourth-order valence-electron chi connectivity index (χ4n) is 2.62. The number of rotatable bonds is 5. The highest BCUT2D eigenvalue weighted by molar-refractivity contribution is 9.10. The van der Waals surface area contributed by atoms with Crippen molar-refractivity contribution in [3.63, 3.8) is 0 Å². The van der Waals surface area contributed by atoms with Crippen LogP contribution in [-0.4, -0.2) is 41.0 Å². The lowest BCUT2D eigenvalue weighted by molar-refractivity contribution is -0.385. The summed E-state index contributed by atoms with van der Waals surface area (Å²) in [4.78, 5) is 17.1. The van der Waals surface area contributed by atoms with E-state index in [1.54, 1.807) is 6.92 Å². The lowest BCUT2D eigenvalue weighted by atomic mass is 9.97. The average Bonchev–Trinajstić information content (AvgIpc) is 2.49. The molecule has 0 radical (unpaired) electrons. The summed E-state index contributed by atoms with van der Waals surface area (Å²) in [6.07, 6.45) is 3.69. The molecule has 2 rings (SSSR count). The first kappa shape index (κ1) is 16.2.